The second-order valence-electron chi connectivity index (χ2n) is 7.32. The molecule has 0 bridgehead atoms. The summed E-state index contributed by atoms with van der Waals surface area (Å²) in [6.07, 6.45) is 1.77. The molecule has 3 aromatic rings. The van der Waals surface area contributed by atoms with Crippen molar-refractivity contribution in [3.63, 3.8) is 0 Å². The lowest BCUT2D eigenvalue weighted by molar-refractivity contribution is -0.123. The number of nitrogens with one attached hydrogen (secondary N) is 1. The first-order chi connectivity index (χ1) is 12.8. The molecule has 0 spiro atoms. The highest BCUT2D eigenvalue weighted by atomic mass is 32.2. The van der Waals surface area contributed by atoms with Crippen LogP contribution in [0.1, 0.15) is 31.1 Å². The number of anilines is 1. The van der Waals surface area contributed by atoms with Crippen molar-refractivity contribution in [1.29, 1.82) is 0 Å². The zero-order chi connectivity index (χ0) is 19.4. The predicted molar refractivity (Wildman–Crippen MR) is 111 cm³/mol. The van der Waals surface area contributed by atoms with Crippen molar-refractivity contribution in [2.24, 2.45) is 5.41 Å². The largest absolute Gasteiger partial charge is 0.326 e. The Morgan fingerprint density at radius 3 is 2.41 bits per heavy atom. The Hall–Kier alpha value is -2.66. The molecule has 1 heterocycles. The van der Waals surface area contributed by atoms with Crippen LogP contribution in [0, 0.1) is 5.41 Å². The van der Waals surface area contributed by atoms with Crippen molar-refractivity contribution >= 4 is 40.0 Å². The average Bonchev–Trinajstić information content (AvgIpc) is 2.66. The first kappa shape index (κ1) is 19.1. The third kappa shape index (κ3) is 4.74. The summed E-state index contributed by atoms with van der Waals surface area (Å²) < 4.78 is 0. The highest BCUT2D eigenvalue weighted by Crippen LogP contribution is 2.27. The molecular weight excluding hydrogens is 356 g/mol. The number of benzene rings is 2. The second kappa shape index (κ2) is 7.92. The topological polar surface area (TPSA) is 59.1 Å². The predicted octanol–water partition coefficient (Wildman–Crippen LogP) is 5.19. The number of carbonyl (C=O) groups is 2. The third-order valence-electron chi connectivity index (χ3n) is 4.11. The van der Waals surface area contributed by atoms with Crippen LogP contribution in [0.4, 0.5) is 5.69 Å². The SMILES string of the molecule is CC(C)(C)C(=O)Nc1ccc(C(=O)CSc2ccnc3ccccc23)cc1. The number of hydrogen-bond acceptors (Lipinski definition) is 4. The number of pyridine rings is 1. The lowest BCUT2D eigenvalue weighted by Crippen LogP contribution is -2.27. The molecule has 0 aliphatic carbocycles. The molecule has 0 aliphatic heterocycles. The molecule has 0 saturated carbocycles. The monoisotopic (exact) mass is 378 g/mol. The van der Waals surface area contributed by atoms with Crippen molar-refractivity contribution in [2.45, 2.75) is 25.7 Å². The molecule has 1 N–H and O–H groups in total. The van der Waals surface area contributed by atoms with E-state index in [0.717, 1.165) is 15.8 Å². The summed E-state index contributed by atoms with van der Waals surface area (Å²) in [5, 5.41) is 3.92. The fraction of sp³-hybridized carbons (Fsp3) is 0.227. The number of para-hydroxylation sites is 1. The molecule has 1 amide bonds. The van der Waals surface area contributed by atoms with E-state index in [2.05, 4.69) is 10.3 Å². The molecule has 0 radical (unpaired) electrons. The van der Waals surface area contributed by atoms with Gasteiger partial charge in [-0.25, -0.2) is 0 Å². The van der Waals surface area contributed by atoms with Crippen molar-refractivity contribution in [3.05, 3.63) is 66.4 Å². The molecule has 27 heavy (non-hydrogen) atoms. The molecule has 0 unspecified atom stereocenters. The highest BCUT2D eigenvalue weighted by molar-refractivity contribution is 8.00. The number of rotatable bonds is 5. The van der Waals surface area contributed by atoms with E-state index >= 15 is 0 Å². The average molecular weight is 378 g/mol. The van der Waals surface area contributed by atoms with Crippen LogP contribution in [-0.2, 0) is 4.79 Å². The number of carbonyl (C=O) groups excluding carboxylic acids is 2. The van der Waals surface area contributed by atoms with Gasteiger partial charge in [0.05, 0.1) is 11.3 Å². The molecule has 0 aliphatic rings. The minimum absolute atomic E-state index is 0.0505. The van der Waals surface area contributed by atoms with Crippen LogP contribution in [-0.4, -0.2) is 22.4 Å². The molecule has 0 atom stereocenters. The molecule has 5 heteroatoms. The fourth-order valence-electron chi connectivity index (χ4n) is 2.48. The number of nitrogens with zero attached hydrogens (tertiary/aromatic N) is 1. The van der Waals surface area contributed by atoms with Crippen molar-refractivity contribution in [1.82, 2.24) is 4.98 Å². The lowest BCUT2D eigenvalue weighted by atomic mass is 9.95. The van der Waals surface area contributed by atoms with Crippen LogP contribution in [0.3, 0.4) is 0 Å². The van der Waals surface area contributed by atoms with Gasteiger partial charge in [0.1, 0.15) is 0 Å². The van der Waals surface area contributed by atoms with Gasteiger partial charge in [-0.2, -0.15) is 0 Å². The van der Waals surface area contributed by atoms with Gasteiger partial charge in [-0.3, -0.25) is 14.6 Å². The maximum atomic E-state index is 12.5. The Labute approximate surface area is 163 Å². The number of Topliss-reactive ketones (excluding diaryl/α,β-unsaturated/α-hetero) is 1. The summed E-state index contributed by atoms with van der Waals surface area (Å²) in [5.41, 5.74) is 1.79. The summed E-state index contributed by atoms with van der Waals surface area (Å²) in [7, 11) is 0. The summed E-state index contributed by atoms with van der Waals surface area (Å²) in [6.45, 7) is 5.58. The molecule has 3 rings (SSSR count). The fourth-order valence-corrected chi connectivity index (χ4v) is 3.42. The van der Waals surface area contributed by atoms with Gasteiger partial charge in [0, 0.05) is 33.1 Å². The summed E-state index contributed by atoms with van der Waals surface area (Å²) in [4.78, 5) is 29.9. The highest BCUT2D eigenvalue weighted by Gasteiger charge is 2.21. The molecule has 0 saturated heterocycles. The van der Waals surface area contributed by atoms with Gasteiger partial charge in [-0.05, 0) is 36.4 Å². The Bertz CT molecular complexity index is 970. The number of hydrogen-bond donors (Lipinski definition) is 1. The van der Waals surface area contributed by atoms with Crippen molar-refractivity contribution < 1.29 is 9.59 Å². The zero-order valence-electron chi connectivity index (χ0n) is 15.7. The van der Waals surface area contributed by atoms with Crippen LogP contribution >= 0.6 is 11.8 Å². The first-order valence-corrected chi connectivity index (χ1v) is 9.74. The van der Waals surface area contributed by atoms with Crippen LogP contribution in [0.5, 0.6) is 0 Å². The minimum atomic E-state index is -0.460. The van der Waals surface area contributed by atoms with Gasteiger partial charge in [0.25, 0.3) is 0 Å². The van der Waals surface area contributed by atoms with E-state index in [4.69, 9.17) is 0 Å². The Morgan fingerprint density at radius 1 is 1.00 bits per heavy atom. The lowest BCUT2D eigenvalue weighted by Gasteiger charge is -2.17. The zero-order valence-corrected chi connectivity index (χ0v) is 16.5. The maximum absolute atomic E-state index is 12.5. The molecule has 0 fully saturated rings. The van der Waals surface area contributed by atoms with E-state index in [-0.39, 0.29) is 11.7 Å². The van der Waals surface area contributed by atoms with Gasteiger partial charge in [0.15, 0.2) is 5.78 Å². The molecule has 1 aromatic heterocycles. The Kier molecular flexibility index (Phi) is 5.61. The van der Waals surface area contributed by atoms with E-state index in [9.17, 15) is 9.59 Å². The van der Waals surface area contributed by atoms with Crippen LogP contribution in [0.25, 0.3) is 10.9 Å². The minimum Gasteiger partial charge on any atom is -0.326 e. The Morgan fingerprint density at radius 2 is 1.70 bits per heavy atom. The molecule has 138 valence electrons. The van der Waals surface area contributed by atoms with Gasteiger partial charge >= 0.3 is 0 Å². The van der Waals surface area contributed by atoms with E-state index < -0.39 is 5.41 Å². The van der Waals surface area contributed by atoms with E-state index in [1.165, 1.54) is 11.8 Å². The standard InChI is InChI=1S/C22H22N2O2S/c1-22(2,3)21(26)24-16-10-8-15(9-11-16)19(25)14-27-20-12-13-23-18-7-5-4-6-17(18)20/h4-13H,14H2,1-3H3,(H,24,26). The summed E-state index contributed by atoms with van der Waals surface area (Å²) in [5.74, 6) is 0.345. The Balaban J connectivity index is 1.65. The van der Waals surface area contributed by atoms with Crippen molar-refractivity contribution in [2.75, 3.05) is 11.1 Å². The molecular formula is C22H22N2O2S. The number of fused-ring (bicyclic) bond motifs is 1. The van der Waals surface area contributed by atoms with Crippen LogP contribution in [0.15, 0.2) is 65.7 Å². The normalized spacial score (nSPS) is 11.4. The van der Waals surface area contributed by atoms with E-state index in [1.807, 2.05) is 51.1 Å². The van der Waals surface area contributed by atoms with Gasteiger partial charge in [-0.15, -0.1) is 11.8 Å². The summed E-state index contributed by atoms with van der Waals surface area (Å²) in [6, 6.07) is 16.9. The van der Waals surface area contributed by atoms with Gasteiger partial charge in [0.2, 0.25) is 5.91 Å². The number of ketones is 1. The van der Waals surface area contributed by atoms with Crippen molar-refractivity contribution in [3.8, 4) is 0 Å². The number of amides is 1. The molecule has 4 nitrogen and oxygen atoms in total. The van der Waals surface area contributed by atoms with Crippen LogP contribution in [0.2, 0.25) is 0 Å². The first-order valence-electron chi connectivity index (χ1n) is 8.76. The quantitative estimate of drug-likeness (QED) is 0.490. The van der Waals surface area contributed by atoms with Crippen LogP contribution < -0.4 is 5.32 Å². The maximum Gasteiger partial charge on any atom is 0.229 e. The molecule has 2 aromatic carbocycles. The van der Waals surface area contributed by atoms with E-state index in [1.54, 1.807) is 30.5 Å². The number of aromatic nitrogens is 1. The second-order valence-corrected chi connectivity index (χ2v) is 8.34. The van der Waals surface area contributed by atoms with E-state index in [0.29, 0.717) is 17.0 Å². The number of thioether (sulfide) groups is 1. The smallest absolute Gasteiger partial charge is 0.229 e. The van der Waals surface area contributed by atoms with Gasteiger partial charge < -0.3 is 5.32 Å². The van der Waals surface area contributed by atoms with Gasteiger partial charge in [-0.1, -0.05) is 39.0 Å². The third-order valence-corrected chi connectivity index (χ3v) is 5.19. The summed E-state index contributed by atoms with van der Waals surface area (Å²) >= 11 is 1.51.